The van der Waals surface area contributed by atoms with E-state index in [1.165, 1.54) is 41.9 Å². The molecule has 0 radical (unpaired) electrons. The van der Waals surface area contributed by atoms with Crippen LogP contribution in [0.5, 0.6) is 0 Å². The number of unbranched alkanes of at least 4 members (excludes halogenated alkanes) is 1. The van der Waals surface area contributed by atoms with Crippen molar-refractivity contribution >= 4 is 23.5 Å². The third kappa shape index (κ3) is 8.05. The SMILES string of the molecule is CCCC[C@@H](NC)C(=O)C(CC(C)O)(C(=O)[C@H](NC)[C@@H](C)CC)C(CC(C)O)(OC(=O)[C@@H](C)NC)C(=O)O. The third-order valence-corrected chi connectivity index (χ3v) is 7.44. The Bertz CT molecular complexity index is 790. The van der Waals surface area contributed by atoms with E-state index in [9.17, 15) is 34.5 Å². The van der Waals surface area contributed by atoms with E-state index in [-0.39, 0.29) is 5.92 Å². The highest BCUT2D eigenvalue weighted by atomic mass is 16.6. The molecule has 0 bridgehead atoms. The fourth-order valence-corrected chi connectivity index (χ4v) is 5.03. The van der Waals surface area contributed by atoms with Crippen LogP contribution in [0.4, 0.5) is 0 Å². The van der Waals surface area contributed by atoms with Gasteiger partial charge in [0.25, 0.3) is 0 Å². The van der Waals surface area contributed by atoms with E-state index < -0.39 is 77.7 Å². The van der Waals surface area contributed by atoms with Gasteiger partial charge >= 0.3 is 11.9 Å². The highest BCUT2D eigenvalue weighted by molar-refractivity contribution is 6.16. The number of ketones is 2. The van der Waals surface area contributed by atoms with Crippen molar-refractivity contribution in [2.75, 3.05) is 21.1 Å². The molecule has 38 heavy (non-hydrogen) atoms. The molecule has 0 aromatic carbocycles. The molecule has 0 spiro atoms. The summed E-state index contributed by atoms with van der Waals surface area (Å²) >= 11 is 0. The molecule has 0 aromatic rings. The molecule has 0 saturated heterocycles. The second kappa shape index (κ2) is 16.2. The van der Waals surface area contributed by atoms with Crippen molar-refractivity contribution in [3.05, 3.63) is 0 Å². The fourth-order valence-electron chi connectivity index (χ4n) is 5.03. The lowest BCUT2D eigenvalue weighted by atomic mass is 9.57. The van der Waals surface area contributed by atoms with Crippen LogP contribution in [0.25, 0.3) is 0 Å². The molecule has 0 aromatic heterocycles. The predicted octanol–water partition coefficient (Wildman–Crippen LogP) is 1.04. The summed E-state index contributed by atoms with van der Waals surface area (Å²) in [5.41, 5.74) is -5.34. The van der Waals surface area contributed by atoms with E-state index in [0.29, 0.717) is 19.3 Å². The van der Waals surface area contributed by atoms with E-state index in [4.69, 9.17) is 4.74 Å². The van der Waals surface area contributed by atoms with Crippen LogP contribution in [-0.4, -0.2) is 95.9 Å². The van der Waals surface area contributed by atoms with Gasteiger partial charge in [-0.15, -0.1) is 0 Å². The lowest BCUT2D eigenvalue weighted by Crippen LogP contribution is -2.71. The van der Waals surface area contributed by atoms with Crippen molar-refractivity contribution in [3.8, 4) is 0 Å². The molecule has 0 amide bonds. The van der Waals surface area contributed by atoms with Gasteiger partial charge in [-0.1, -0.05) is 40.0 Å². The number of Topliss-reactive ketones (excluding diaryl/α,β-unsaturated/α-hetero) is 2. The van der Waals surface area contributed by atoms with Gasteiger partial charge < -0.3 is 36.0 Å². The second-order valence-corrected chi connectivity index (χ2v) is 10.4. The molecule has 8 atom stereocenters. The number of aliphatic hydroxyl groups is 2. The minimum atomic E-state index is -2.81. The summed E-state index contributed by atoms with van der Waals surface area (Å²) in [5.74, 6) is -4.69. The Balaban J connectivity index is 7.92. The first kappa shape index (κ1) is 36.1. The van der Waals surface area contributed by atoms with E-state index >= 15 is 0 Å². The zero-order chi connectivity index (χ0) is 29.8. The second-order valence-electron chi connectivity index (χ2n) is 10.4. The van der Waals surface area contributed by atoms with Crippen molar-refractivity contribution in [3.63, 3.8) is 0 Å². The number of hydrogen-bond donors (Lipinski definition) is 6. The summed E-state index contributed by atoms with van der Waals surface area (Å²) in [4.78, 5) is 55.7. The quantitative estimate of drug-likeness (QED) is 0.0952. The number of ether oxygens (including phenoxy) is 1. The first-order valence-corrected chi connectivity index (χ1v) is 13.6. The maximum absolute atomic E-state index is 14.6. The van der Waals surface area contributed by atoms with Gasteiger partial charge in [-0.05, 0) is 60.7 Å². The maximum atomic E-state index is 14.6. The lowest BCUT2D eigenvalue weighted by Gasteiger charge is -2.49. The molecule has 0 aliphatic rings. The zero-order valence-electron chi connectivity index (χ0n) is 24.6. The molecule has 0 fully saturated rings. The number of nitrogens with one attached hydrogen (secondary N) is 3. The molecule has 11 nitrogen and oxygen atoms in total. The normalized spacial score (nSPS) is 19.7. The van der Waals surface area contributed by atoms with Crippen molar-refractivity contribution in [1.82, 2.24) is 16.0 Å². The number of carbonyl (C=O) groups excluding carboxylic acids is 3. The Labute approximate surface area is 227 Å². The molecule has 0 rings (SSSR count). The Morgan fingerprint density at radius 1 is 0.842 bits per heavy atom. The van der Waals surface area contributed by atoms with Crippen LogP contribution in [0.2, 0.25) is 0 Å². The largest absolute Gasteiger partial charge is 0.478 e. The first-order valence-electron chi connectivity index (χ1n) is 13.6. The monoisotopic (exact) mass is 545 g/mol. The van der Waals surface area contributed by atoms with Gasteiger partial charge in [-0.2, -0.15) is 0 Å². The zero-order valence-corrected chi connectivity index (χ0v) is 24.6. The van der Waals surface area contributed by atoms with Gasteiger partial charge in [-0.3, -0.25) is 14.4 Å². The fraction of sp³-hybridized carbons (Fsp3) is 0.852. The van der Waals surface area contributed by atoms with Crippen LogP contribution in [-0.2, 0) is 23.9 Å². The number of carboxylic acids is 1. The topological polar surface area (TPSA) is 174 Å². The average molecular weight is 546 g/mol. The molecule has 0 aliphatic carbocycles. The van der Waals surface area contributed by atoms with Crippen molar-refractivity contribution in [2.24, 2.45) is 11.3 Å². The number of hydrogen-bond acceptors (Lipinski definition) is 10. The molecule has 11 heteroatoms. The van der Waals surface area contributed by atoms with E-state index in [1.54, 1.807) is 6.92 Å². The van der Waals surface area contributed by atoms with Gasteiger partial charge in [0.05, 0.1) is 24.3 Å². The van der Waals surface area contributed by atoms with Gasteiger partial charge in [0.15, 0.2) is 11.6 Å². The standard InChI is InChI=1S/C27H51N3O8/c1-10-12-13-20(29-8)22(33)26(14-17(4)31,23(34)21(30-9)16(3)11-2)27(25(36)37,15-18(5)32)38-24(35)19(6)28-7/h16-21,28-32H,10-15H2,1-9H3,(H,36,37)/t16-,17?,18?,19+,20+,21+,26?,27?/m0/s1. The van der Waals surface area contributed by atoms with E-state index in [0.717, 1.165) is 6.42 Å². The summed E-state index contributed by atoms with van der Waals surface area (Å²) in [5, 5.41) is 40.5. The van der Waals surface area contributed by atoms with Crippen LogP contribution in [0, 0.1) is 11.3 Å². The summed E-state index contributed by atoms with van der Waals surface area (Å²) < 4.78 is 5.71. The van der Waals surface area contributed by atoms with Gasteiger partial charge in [0.1, 0.15) is 11.5 Å². The number of carboxylic acid groups (broad SMARTS) is 1. The first-order chi connectivity index (χ1) is 17.7. The van der Waals surface area contributed by atoms with Crippen molar-refractivity contribution in [1.29, 1.82) is 0 Å². The highest BCUT2D eigenvalue weighted by Gasteiger charge is 2.70. The van der Waals surface area contributed by atoms with Crippen LogP contribution in [0.1, 0.15) is 80.1 Å². The molecule has 6 N–H and O–H groups in total. The number of likely N-dealkylation sites (N-methyl/N-ethyl adjacent to an activating group) is 3. The van der Waals surface area contributed by atoms with E-state index in [2.05, 4.69) is 16.0 Å². The number of aliphatic carboxylic acids is 1. The Kier molecular flexibility index (Phi) is 15.4. The Hall–Kier alpha value is -1.92. The van der Waals surface area contributed by atoms with Gasteiger partial charge in [-0.25, -0.2) is 4.79 Å². The van der Waals surface area contributed by atoms with Crippen LogP contribution >= 0.6 is 0 Å². The van der Waals surface area contributed by atoms with Crippen molar-refractivity contribution < 1.29 is 39.2 Å². The van der Waals surface area contributed by atoms with E-state index in [1.807, 2.05) is 13.8 Å². The Morgan fingerprint density at radius 3 is 1.76 bits per heavy atom. The number of carbonyl (C=O) groups is 4. The third-order valence-electron chi connectivity index (χ3n) is 7.44. The van der Waals surface area contributed by atoms with Crippen LogP contribution in [0.15, 0.2) is 0 Å². The average Bonchev–Trinajstić information content (AvgIpc) is 2.85. The molecule has 4 unspecified atom stereocenters. The van der Waals surface area contributed by atoms with Gasteiger partial charge in [0, 0.05) is 6.42 Å². The van der Waals surface area contributed by atoms with Crippen LogP contribution in [0.3, 0.4) is 0 Å². The predicted molar refractivity (Wildman–Crippen MR) is 145 cm³/mol. The van der Waals surface area contributed by atoms with Crippen molar-refractivity contribution in [2.45, 2.75) is 116 Å². The minimum Gasteiger partial charge on any atom is -0.478 e. The summed E-state index contributed by atoms with van der Waals surface area (Å²) in [7, 11) is 4.54. The summed E-state index contributed by atoms with van der Waals surface area (Å²) in [6, 6.07) is -2.95. The molecule has 0 heterocycles. The molecular formula is C27H51N3O8. The molecular weight excluding hydrogens is 494 g/mol. The number of rotatable bonds is 20. The Morgan fingerprint density at radius 2 is 1.39 bits per heavy atom. The molecule has 222 valence electrons. The summed E-state index contributed by atoms with van der Waals surface area (Å²) in [6.45, 7) is 9.67. The highest BCUT2D eigenvalue weighted by Crippen LogP contribution is 2.47. The molecule has 0 aliphatic heterocycles. The lowest BCUT2D eigenvalue weighted by molar-refractivity contribution is -0.209. The number of esters is 1. The van der Waals surface area contributed by atoms with Gasteiger partial charge in [0.2, 0.25) is 5.60 Å². The molecule has 0 saturated carbocycles. The maximum Gasteiger partial charge on any atom is 0.349 e. The minimum absolute atomic E-state index is 0.291. The smallest absolute Gasteiger partial charge is 0.349 e. The number of aliphatic hydroxyl groups excluding tert-OH is 2. The summed E-state index contributed by atoms with van der Waals surface area (Å²) in [6.07, 6.45) is -1.91. The van der Waals surface area contributed by atoms with Crippen LogP contribution < -0.4 is 16.0 Å².